The number of hydrogen-bond donors (Lipinski definition) is 2. The molecule has 1 fully saturated rings. The van der Waals surface area contributed by atoms with Crippen molar-refractivity contribution in [2.75, 3.05) is 24.5 Å². The molecule has 2 aromatic carbocycles. The van der Waals surface area contributed by atoms with Gasteiger partial charge in [-0.05, 0) is 75.9 Å². The van der Waals surface area contributed by atoms with Gasteiger partial charge < -0.3 is 19.9 Å². The summed E-state index contributed by atoms with van der Waals surface area (Å²) in [6, 6.07) is 15.2. The first-order valence-corrected chi connectivity index (χ1v) is 16.1. The third-order valence-corrected chi connectivity index (χ3v) is 9.09. The topological polar surface area (TPSA) is 138 Å². The Morgan fingerprint density at radius 3 is 2.30 bits per heavy atom. The van der Waals surface area contributed by atoms with Gasteiger partial charge in [0.1, 0.15) is 23.4 Å². The number of rotatable bonds is 9. The molecule has 1 atom stereocenters. The number of fused-ring (bicyclic) bond motifs is 2. The van der Waals surface area contributed by atoms with Gasteiger partial charge in [0.2, 0.25) is 5.91 Å². The van der Waals surface area contributed by atoms with Crippen LogP contribution in [0.5, 0.6) is 0 Å². The highest BCUT2D eigenvalue weighted by Gasteiger charge is 2.45. The van der Waals surface area contributed by atoms with Crippen molar-refractivity contribution in [3.05, 3.63) is 88.8 Å². The number of amides is 3. The Bertz CT molecular complexity index is 1790. The zero-order valence-electron chi connectivity index (χ0n) is 26.6. The molecule has 4 heterocycles. The highest BCUT2D eigenvalue weighted by molar-refractivity contribution is 6.30. The number of piperidine rings is 1. The van der Waals surface area contributed by atoms with Gasteiger partial charge in [-0.1, -0.05) is 35.9 Å². The number of imide groups is 1. The average molecular weight is 657 g/mol. The van der Waals surface area contributed by atoms with Crippen LogP contribution in [-0.2, 0) is 14.3 Å². The first-order chi connectivity index (χ1) is 22.4. The monoisotopic (exact) mass is 656 g/mol. The Balaban J connectivity index is 1.25. The number of aromatic nitrogens is 3. The number of ether oxygens (including phenoxy) is 1. The van der Waals surface area contributed by atoms with Crippen LogP contribution in [0, 0.1) is 5.41 Å². The molecule has 3 amide bonds. The molecule has 2 aromatic heterocycles. The van der Waals surface area contributed by atoms with Crippen LogP contribution in [0.1, 0.15) is 78.8 Å². The summed E-state index contributed by atoms with van der Waals surface area (Å²) in [6.07, 6.45) is 4.23. The molecule has 1 unspecified atom stereocenters. The minimum absolute atomic E-state index is 0.0904. The minimum atomic E-state index is -1.07. The summed E-state index contributed by atoms with van der Waals surface area (Å²) in [5.74, 6) is -0.698. The number of anilines is 1. The zero-order valence-corrected chi connectivity index (χ0v) is 27.3. The standard InChI is InChI=1S/C35H37ClN6O5/c1-34(2,3)47-28(43)20-35(14-18-41(19-15-35)30-26-12-16-37-29(26)38-21-39-30)33(46)40-27(22-8-10-23(36)11-9-22)13-17-42-31(44)24-6-4-5-7-25(24)32(42)45/h4-12,16,21,27H,13-15,17-20H2,1-3H3,(H,40,46)(H,37,38,39). The maximum atomic E-state index is 14.4. The fraction of sp³-hybridized carbons (Fsp3) is 0.371. The number of benzene rings is 2. The van der Waals surface area contributed by atoms with Gasteiger partial charge in [0.25, 0.3) is 11.8 Å². The van der Waals surface area contributed by atoms with Gasteiger partial charge in [-0.25, -0.2) is 9.97 Å². The van der Waals surface area contributed by atoms with Crippen molar-refractivity contribution in [2.45, 2.75) is 58.1 Å². The molecule has 0 saturated carbocycles. The second-order valence-corrected chi connectivity index (χ2v) is 13.6. The molecule has 0 spiro atoms. The number of esters is 1. The van der Waals surface area contributed by atoms with Crippen molar-refractivity contribution in [1.82, 2.24) is 25.2 Å². The quantitative estimate of drug-likeness (QED) is 0.179. The second kappa shape index (κ2) is 12.8. The Labute approximate surface area is 277 Å². The summed E-state index contributed by atoms with van der Waals surface area (Å²) in [4.78, 5) is 69.2. The van der Waals surface area contributed by atoms with Gasteiger partial charge >= 0.3 is 5.97 Å². The molecule has 244 valence electrons. The first-order valence-electron chi connectivity index (χ1n) is 15.7. The first kappa shape index (κ1) is 32.2. The van der Waals surface area contributed by atoms with E-state index in [2.05, 4.69) is 25.2 Å². The normalized spacial score (nSPS) is 16.7. The van der Waals surface area contributed by atoms with Crippen molar-refractivity contribution in [3.8, 4) is 0 Å². The molecule has 6 rings (SSSR count). The van der Waals surface area contributed by atoms with Gasteiger partial charge in [-0.3, -0.25) is 24.1 Å². The van der Waals surface area contributed by atoms with Crippen LogP contribution in [0.3, 0.4) is 0 Å². The number of carbonyl (C=O) groups excluding carboxylic acids is 4. The van der Waals surface area contributed by atoms with Crippen LogP contribution in [0.4, 0.5) is 5.82 Å². The van der Waals surface area contributed by atoms with Crippen LogP contribution in [0.25, 0.3) is 11.0 Å². The van der Waals surface area contributed by atoms with E-state index in [1.165, 1.54) is 11.2 Å². The highest BCUT2D eigenvalue weighted by atomic mass is 35.5. The van der Waals surface area contributed by atoms with Crippen molar-refractivity contribution >= 4 is 52.1 Å². The number of nitrogens with one attached hydrogen (secondary N) is 2. The molecule has 2 aliphatic heterocycles. The predicted octanol–water partition coefficient (Wildman–Crippen LogP) is 5.47. The molecule has 1 saturated heterocycles. The Morgan fingerprint density at radius 1 is 1.00 bits per heavy atom. The molecule has 12 heteroatoms. The summed E-state index contributed by atoms with van der Waals surface area (Å²) in [5, 5.41) is 4.62. The third kappa shape index (κ3) is 6.71. The Kier molecular flexibility index (Phi) is 8.76. The minimum Gasteiger partial charge on any atom is -0.460 e. The van der Waals surface area contributed by atoms with Crippen LogP contribution in [0.2, 0.25) is 5.02 Å². The summed E-state index contributed by atoms with van der Waals surface area (Å²) in [5.41, 5.74) is 0.446. The number of carbonyl (C=O) groups is 4. The average Bonchev–Trinajstić information content (AvgIpc) is 3.62. The van der Waals surface area contributed by atoms with E-state index in [0.717, 1.165) is 22.4 Å². The summed E-state index contributed by atoms with van der Waals surface area (Å²) in [6.45, 7) is 6.45. The van der Waals surface area contributed by atoms with E-state index in [-0.39, 0.29) is 37.1 Å². The number of aromatic amines is 1. The number of H-pyrrole nitrogens is 1. The lowest BCUT2D eigenvalue weighted by atomic mass is 9.74. The third-order valence-electron chi connectivity index (χ3n) is 8.83. The number of halogens is 1. The molecule has 2 aliphatic rings. The van der Waals surface area contributed by atoms with E-state index in [9.17, 15) is 19.2 Å². The molecule has 2 N–H and O–H groups in total. The SMILES string of the molecule is CC(C)(C)OC(=O)CC1(C(=O)NC(CCN2C(=O)c3ccccc3C2=O)c2ccc(Cl)cc2)CCN(c2ncnc3[nH]ccc23)CC1. The van der Waals surface area contributed by atoms with Crippen molar-refractivity contribution < 1.29 is 23.9 Å². The summed E-state index contributed by atoms with van der Waals surface area (Å²) in [7, 11) is 0. The van der Waals surface area contributed by atoms with Crippen LogP contribution < -0.4 is 10.2 Å². The maximum absolute atomic E-state index is 14.4. The molecule has 47 heavy (non-hydrogen) atoms. The fourth-order valence-corrected chi connectivity index (χ4v) is 6.55. The lowest BCUT2D eigenvalue weighted by Gasteiger charge is -2.41. The number of hydrogen-bond acceptors (Lipinski definition) is 8. The van der Waals surface area contributed by atoms with E-state index in [1.54, 1.807) is 57.2 Å². The van der Waals surface area contributed by atoms with E-state index in [4.69, 9.17) is 16.3 Å². The molecular weight excluding hydrogens is 620 g/mol. The van der Waals surface area contributed by atoms with Gasteiger partial charge in [0.15, 0.2) is 0 Å². The van der Waals surface area contributed by atoms with Crippen LogP contribution >= 0.6 is 11.6 Å². The maximum Gasteiger partial charge on any atom is 0.307 e. The Morgan fingerprint density at radius 2 is 1.66 bits per heavy atom. The molecular formula is C35H37ClN6O5. The summed E-state index contributed by atoms with van der Waals surface area (Å²) < 4.78 is 5.69. The van der Waals surface area contributed by atoms with Gasteiger partial charge in [-0.2, -0.15) is 0 Å². The van der Waals surface area contributed by atoms with Gasteiger partial charge in [0.05, 0.1) is 34.4 Å². The molecule has 11 nitrogen and oxygen atoms in total. The smallest absolute Gasteiger partial charge is 0.307 e. The van der Waals surface area contributed by atoms with E-state index in [1.807, 2.05) is 24.4 Å². The lowest BCUT2D eigenvalue weighted by Crippen LogP contribution is -2.51. The van der Waals surface area contributed by atoms with Crippen molar-refractivity contribution in [2.24, 2.45) is 5.41 Å². The van der Waals surface area contributed by atoms with Gasteiger partial charge in [-0.15, -0.1) is 0 Å². The fourth-order valence-electron chi connectivity index (χ4n) is 6.42. The van der Waals surface area contributed by atoms with Crippen LogP contribution in [0.15, 0.2) is 67.1 Å². The molecule has 0 bridgehead atoms. The highest BCUT2D eigenvalue weighted by Crippen LogP contribution is 2.39. The predicted molar refractivity (Wildman–Crippen MR) is 177 cm³/mol. The second-order valence-electron chi connectivity index (χ2n) is 13.1. The Hall–Kier alpha value is -4.77. The van der Waals surface area contributed by atoms with Gasteiger partial charge in [0, 0.05) is 30.9 Å². The lowest BCUT2D eigenvalue weighted by molar-refractivity contribution is -0.161. The van der Waals surface area contributed by atoms with E-state index < -0.39 is 23.0 Å². The van der Waals surface area contributed by atoms with Crippen molar-refractivity contribution in [1.29, 1.82) is 0 Å². The molecule has 4 aromatic rings. The zero-order chi connectivity index (χ0) is 33.3. The van der Waals surface area contributed by atoms with Crippen LogP contribution in [-0.4, -0.2) is 68.8 Å². The van der Waals surface area contributed by atoms with Crippen molar-refractivity contribution in [3.63, 3.8) is 0 Å². The number of nitrogens with zero attached hydrogens (tertiary/aromatic N) is 4. The largest absolute Gasteiger partial charge is 0.460 e. The van der Waals surface area contributed by atoms with E-state index >= 15 is 0 Å². The van der Waals surface area contributed by atoms with E-state index in [0.29, 0.717) is 42.1 Å². The summed E-state index contributed by atoms with van der Waals surface area (Å²) >= 11 is 6.19. The molecule has 0 aliphatic carbocycles. The molecule has 0 radical (unpaired) electrons.